The lowest BCUT2D eigenvalue weighted by atomic mass is 10.1. The Hall–Kier alpha value is -1.42. The zero-order chi connectivity index (χ0) is 12.8. The number of benzene rings is 1. The molecule has 0 saturated carbocycles. The molecule has 0 amide bonds. The van der Waals surface area contributed by atoms with E-state index >= 15 is 0 Å². The first kappa shape index (κ1) is 13.6. The fourth-order valence-electron chi connectivity index (χ4n) is 1.72. The Balaban J connectivity index is 3.05. The molecule has 94 valence electrons. The van der Waals surface area contributed by atoms with Crippen molar-refractivity contribution in [1.82, 2.24) is 0 Å². The van der Waals surface area contributed by atoms with Crippen LogP contribution in [0.5, 0.6) is 0 Å². The third-order valence-corrected chi connectivity index (χ3v) is 2.63. The molecule has 17 heavy (non-hydrogen) atoms. The summed E-state index contributed by atoms with van der Waals surface area (Å²) in [4.78, 5) is 13.5. The number of hydrogen-bond donors (Lipinski definition) is 0. The molecule has 0 heterocycles. The van der Waals surface area contributed by atoms with E-state index in [4.69, 9.17) is 4.74 Å². The molecule has 0 N–H and O–H groups in total. The second-order valence-corrected chi connectivity index (χ2v) is 3.79. The molecule has 1 aromatic carbocycles. The molecule has 0 aliphatic rings. The fraction of sp³-hybridized carbons (Fsp3) is 0.462. The zero-order valence-electron chi connectivity index (χ0n) is 10.5. The Morgan fingerprint density at radius 3 is 2.71 bits per heavy atom. The van der Waals surface area contributed by atoms with E-state index in [1.165, 1.54) is 19.1 Å². The lowest BCUT2D eigenvalue weighted by Gasteiger charge is -2.24. The summed E-state index contributed by atoms with van der Waals surface area (Å²) in [7, 11) is 1.63. The normalized spacial score (nSPS) is 10.4. The lowest BCUT2D eigenvalue weighted by molar-refractivity contribution is 0.101. The maximum Gasteiger partial charge on any atom is 0.161 e. The van der Waals surface area contributed by atoms with E-state index < -0.39 is 0 Å². The Labute approximate surface area is 101 Å². The van der Waals surface area contributed by atoms with Crippen LogP contribution in [0.25, 0.3) is 0 Å². The molecule has 0 atom stereocenters. The van der Waals surface area contributed by atoms with Crippen molar-refractivity contribution in [3.63, 3.8) is 0 Å². The van der Waals surface area contributed by atoms with Gasteiger partial charge in [0, 0.05) is 31.5 Å². The highest BCUT2D eigenvalue weighted by molar-refractivity contribution is 5.99. The first-order chi connectivity index (χ1) is 8.10. The summed E-state index contributed by atoms with van der Waals surface area (Å²) in [5.74, 6) is -0.517. The molecule has 0 spiro atoms. The van der Waals surface area contributed by atoms with E-state index in [-0.39, 0.29) is 11.6 Å². The summed E-state index contributed by atoms with van der Waals surface area (Å²) in [5, 5.41) is 0. The predicted octanol–water partition coefficient (Wildman–Crippen LogP) is 2.50. The minimum atomic E-state index is -0.387. The van der Waals surface area contributed by atoms with E-state index in [0.717, 1.165) is 12.2 Å². The molecule has 1 rings (SSSR count). The molecule has 0 bridgehead atoms. The number of nitrogens with zero attached hydrogens (tertiary/aromatic N) is 1. The van der Waals surface area contributed by atoms with Crippen molar-refractivity contribution >= 4 is 11.5 Å². The average Bonchev–Trinajstić information content (AvgIpc) is 2.31. The summed E-state index contributed by atoms with van der Waals surface area (Å²) in [6, 6.07) is 4.30. The number of rotatable bonds is 6. The molecule has 0 aromatic heterocycles. The van der Waals surface area contributed by atoms with Crippen LogP contribution in [-0.4, -0.2) is 32.6 Å². The van der Waals surface area contributed by atoms with Crippen molar-refractivity contribution in [3.05, 3.63) is 29.6 Å². The number of likely N-dealkylation sites (N-methyl/N-ethyl adjacent to an activating group) is 1. The molecular formula is C13H18FNO2. The van der Waals surface area contributed by atoms with E-state index in [1.807, 2.05) is 11.8 Å². The highest BCUT2D eigenvalue weighted by atomic mass is 19.1. The minimum absolute atomic E-state index is 0.129. The summed E-state index contributed by atoms with van der Waals surface area (Å²) >= 11 is 0. The molecular weight excluding hydrogens is 221 g/mol. The number of ether oxygens (including phenoxy) is 1. The van der Waals surface area contributed by atoms with E-state index in [1.54, 1.807) is 13.2 Å². The Morgan fingerprint density at radius 2 is 2.18 bits per heavy atom. The van der Waals surface area contributed by atoms with Gasteiger partial charge in [0.1, 0.15) is 5.82 Å². The number of methoxy groups -OCH3 is 1. The van der Waals surface area contributed by atoms with Crippen LogP contribution in [-0.2, 0) is 4.74 Å². The van der Waals surface area contributed by atoms with E-state index in [9.17, 15) is 9.18 Å². The Kier molecular flexibility index (Phi) is 5.10. The van der Waals surface area contributed by atoms with Gasteiger partial charge in [-0.2, -0.15) is 0 Å². The summed E-state index contributed by atoms with van der Waals surface area (Å²) in [5.41, 5.74) is 1.18. The van der Waals surface area contributed by atoms with Gasteiger partial charge in [-0.1, -0.05) is 0 Å². The quantitative estimate of drug-likeness (QED) is 0.714. The Bertz CT molecular complexity index is 393. The summed E-state index contributed by atoms with van der Waals surface area (Å²) < 4.78 is 18.2. The fourth-order valence-corrected chi connectivity index (χ4v) is 1.72. The van der Waals surface area contributed by atoms with Crippen LogP contribution in [0.1, 0.15) is 24.2 Å². The molecule has 1 aromatic rings. The SMILES string of the molecule is CCN(CCOC)c1ccc(F)cc1C(C)=O. The summed E-state index contributed by atoms with van der Waals surface area (Å²) in [6.45, 7) is 5.43. The maximum absolute atomic E-state index is 13.1. The molecule has 0 saturated heterocycles. The van der Waals surface area contributed by atoms with Crippen LogP contribution in [0.3, 0.4) is 0 Å². The van der Waals surface area contributed by atoms with Crippen LogP contribution in [0.4, 0.5) is 10.1 Å². The third kappa shape index (κ3) is 3.53. The number of ketones is 1. The molecule has 4 heteroatoms. The van der Waals surface area contributed by atoms with Gasteiger partial charge in [0.25, 0.3) is 0 Å². The van der Waals surface area contributed by atoms with Gasteiger partial charge in [-0.05, 0) is 32.0 Å². The maximum atomic E-state index is 13.1. The van der Waals surface area contributed by atoms with Gasteiger partial charge in [0.15, 0.2) is 5.78 Å². The van der Waals surface area contributed by atoms with Gasteiger partial charge in [0.2, 0.25) is 0 Å². The monoisotopic (exact) mass is 239 g/mol. The second kappa shape index (κ2) is 6.35. The molecule has 0 radical (unpaired) electrons. The minimum Gasteiger partial charge on any atom is -0.383 e. The number of hydrogen-bond acceptors (Lipinski definition) is 3. The molecule has 0 unspecified atom stereocenters. The summed E-state index contributed by atoms with van der Waals surface area (Å²) in [6.07, 6.45) is 0. The molecule has 0 aliphatic carbocycles. The number of carbonyl (C=O) groups excluding carboxylic acids is 1. The lowest BCUT2D eigenvalue weighted by Crippen LogP contribution is -2.28. The van der Waals surface area contributed by atoms with Crippen molar-refractivity contribution in [2.24, 2.45) is 0 Å². The molecule has 0 aliphatic heterocycles. The van der Waals surface area contributed by atoms with E-state index in [0.29, 0.717) is 18.7 Å². The average molecular weight is 239 g/mol. The molecule has 3 nitrogen and oxygen atoms in total. The Morgan fingerprint density at radius 1 is 1.47 bits per heavy atom. The number of Topliss-reactive ketones (excluding diaryl/α,β-unsaturated/α-hetero) is 1. The van der Waals surface area contributed by atoms with Crippen molar-refractivity contribution in [2.75, 3.05) is 31.7 Å². The van der Waals surface area contributed by atoms with Crippen LogP contribution >= 0.6 is 0 Å². The van der Waals surface area contributed by atoms with Crippen LogP contribution in [0, 0.1) is 5.82 Å². The third-order valence-electron chi connectivity index (χ3n) is 2.63. The number of carbonyl (C=O) groups is 1. The van der Waals surface area contributed by atoms with Gasteiger partial charge >= 0.3 is 0 Å². The van der Waals surface area contributed by atoms with Crippen LogP contribution in [0.15, 0.2) is 18.2 Å². The van der Waals surface area contributed by atoms with Gasteiger partial charge in [-0.15, -0.1) is 0 Å². The smallest absolute Gasteiger partial charge is 0.161 e. The molecule has 0 fully saturated rings. The van der Waals surface area contributed by atoms with Gasteiger partial charge in [-0.25, -0.2) is 4.39 Å². The van der Waals surface area contributed by atoms with Crippen LogP contribution in [0.2, 0.25) is 0 Å². The first-order valence-electron chi connectivity index (χ1n) is 5.64. The van der Waals surface area contributed by atoms with Crippen molar-refractivity contribution in [3.8, 4) is 0 Å². The van der Waals surface area contributed by atoms with Crippen LogP contribution < -0.4 is 4.90 Å². The zero-order valence-corrected chi connectivity index (χ0v) is 10.5. The number of anilines is 1. The standard InChI is InChI=1S/C13H18FNO2/c1-4-15(7-8-17-3)13-6-5-11(14)9-12(13)10(2)16/h5-6,9H,4,7-8H2,1-3H3. The predicted molar refractivity (Wildman–Crippen MR) is 66.2 cm³/mol. The van der Waals surface area contributed by atoms with Crippen molar-refractivity contribution in [1.29, 1.82) is 0 Å². The largest absolute Gasteiger partial charge is 0.383 e. The van der Waals surface area contributed by atoms with Crippen molar-refractivity contribution < 1.29 is 13.9 Å². The highest BCUT2D eigenvalue weighted by Crippen LogP contribution is 2.22. The first-order valence-corrected chi connectivity index (χ1v) is 5.64. The van der Waals surface area contributed by atoms with Gasteiger partial charge in [-0.3, -0.25) is 4.79 Å². The van der Waals surface area contributed by atoms with Crippen molar-refractivity contribution in [2.45, 2.75) is 13.8 Å². The van der Waals surface area contributed by atoms with Gasteiger partial charge < -0.3 is 9.64 Å². The van der Waals surface area contributed by atoms with Gasteiger partial charge in [0.05, 0.1) is 6.61 Å². The highest BCUT2D eigenvalue weighted by Gasteiger charge is 2.13. The second-order valence-electron chi connectivity index (χ2n) is 3.79. The van der Waals surface area contributed by atoms with E-state index in [2.05, 4.69) is 0 Å². The number of halogens is 1. The topological polar surface area (TPSA) is 29.5 Å².